The molecule has 0 spiro atoms. The summed E-state index contributed by atoms with van der Waals surface area (Å²) < 4.78 is 1.94. The summed E-state index contributed by atoms with van der Waals surface area (Å²) in [5.74, 6) is 1.99. The van der Waals surface area contributed by atoms with Gasteiger partial charge in [-0.25, -0.2) is 0 Å². The Morgan fingerprint density at radius 3 is 2.64 bits per heavy atom. The van der Waals surface area contributed by atoms with Crippen LogP contribution in [0.15, 0.2) is 11.1 Å². The monoisotopic (exact) mass is 230 g/mol. The van der Waals surface area contributed by atoms with E-state index in [2.05, 4.69) is 37.6 Å². The summed E-state index contributed by atoms with van der Waals surface area (Å²) in [6.07, 6.45) is 0. The lowest BCUT2D eigenvalue weighted by Crippen LogP contribution is -2.16. The van der Waals surface area contributed by atoms with Crippen LogP contribution >= 0.6 is 24.4 Å². The van der Waals surface area contributed by atoms with Gasteiger partial charge in [-0.2, -0.15) is 17.7 Å². The molecule has 1 aromatic heterocycles. The van der Waals surface area contributed by atoms with Gasteiger partial charge < -0.3 is 0 Å². The van der Waals surface area contributed by atoms with Crippen LogP contribution in [0, 0.1) is 12.3 Å². The SMILES string of the molecule is Cc1cc(SCC(C)(C)CS)n(C)n1. The normalized spacial score (nSPS) is 12.1. The zero-order chi connectivity index (χ0) is 10.8. The predicted octanol–water partition coefficient (Wildman–Crippen LogP) is 2.78. The highest BCUT2D eigenvalue weighted by Gasteiger charge is 2.16. The topological polar surface area (TPSA) is 17.8 Å². The number of rotatable bonds is 4. The maximum atomic E-state index is 4.34. The van der Waals surface area contributed by atoms with Crippen molar-refractivity contribution in [1.82, 2.24) is 9.78 Å². The molecule has 1 rings (SSSR count). The molecule has 14 heavy (non-hydrogen) atoms. The standard InChI is InChI=1S/C10H18N2S2/c1-8-5-9(12(4)11-8)14-7-10(2,3)6-13/h5,13H,6-7H2,1-4H3. The van der Waals surface area contributed by atoms with E-state index in [1.165, 1.54) is 5.03 Å². The number of thiol groups is 1. The minimum atomic E-state index is 0.284. The van der Waals surface area contributed by atoms with E-state index in [1.807, 2.05) is 30.4 Å². The molecule has 0 saturated carbocycles. The Bertz CT molecular complexity index is 305. The van der Waals surface area contributed by atoms with Gasteiger partial charge in [-0.3, -0.25) is 4.68 Å². The highest BCUT2D eigenvalue weighted by Crippen LogP contribution is 2.28. The predicted molar refractivity (Wildman–Crippen MR) is 66.3 cm³/mol. The molecule has 1 heterocycles. The molecule has 0 atom stereocenters. The van der Waals surface area contributed by atoms with Gasteiger partial charge in [0.05, 0.1) is 10.7 Å². The maximum Gasteiger partial charge on any atom is 0.0939 e. The molecule has 0 aliphatic heterocycles. The number of nitrogens with zero attached hydrogens (tertiary/aromatic N) is 2. The van der Waals surface area contributed by atoms with Gasteiger partial charge in [0.2, 0.25) is 0 Å². The second-order valence-electron chi connectivity index (χ2n) is 4.36. The summed E-state index contributed by atoms with van der Waals surface area (Å²) >= 11 is 6.19. The van der Waals surface area contributed by atoms with E-state index in [4.69, 9.17) is 0 Å². The van der Waals surface area contributed by atoms with Crippen LogP contribution in [0.3, 0.4) is 0 Å². The van der Waals surface area contributed by atoms with Crippen molar-refractivity contribution in [3.05, 3.63) is 11.8 Å². The first-order valence-electron chi connectivity index (χ1n) is 4.69. The summed E-state index contributed by atoms with van der Waals surface area (Å²) in [7, 11) is 1.99. The van der Waals surface area contributed by atoms with E-state index < -0.39 is 0 Å². The Kier molecular flexibility index (Phi) is 3.95. The fraction of sp³-hybridized carbons (Fsp3) is 0.700. The number of aromatic nitrogens is 2. The number of thioether (sulfide) groups is 1. The van der Waals surface area contributed by atoms with Gasteiger partial charge in [-0.05, 0) is 24.2 Å². The third-order valence-corrected chi connectivity index (χ3v) is 4.46. The van der Waals surface area contributed by atoms with Gasteiger partial charge in [0.25, 0.3) is 0 Å². The first kappa shape index (κ1) is 12.0. The van der Waals surface area contributed by atoms with Crippen molar-refractivity contribution >= 4 is 24.4 Å². The molecular formula is C10H18N2S2. The largest absolute Gasteiger partial charge is 0.262 e. The van der Waals surface area contributed by atoms with Crippen molar-refractivity contribution in [2.24, 2.45) is 12.5 Å². The fourth-order valence-electron chi connectivity index (χ4n) is 1.04. The average Bonchev–Trinajstić information content (AvgIpc) is 2.42. The van der Waals surface area contributed by atoms with Crippen LogP contribution < -0.4 is 0 Å². The smallest absolute Gasteiger partial charge is 0.0939 e. The Hall–Kier alpha value is -0.0900. The van der Waals surface area contributed by atoms with Gasteiger partial charge in [-0.15, -0.1) is 11.8 Å². The van der Waals surface area contributed by atoms with Gasteiger partial charge in [0.1, 0.15) is 0 Å². The van der Waals surface area contributed by atoms with Crippen molar-refractivity contribution in [3.63, 3.8) is 0 Å². The van der Waals surface area contributed by atoms with E-state index in [0.717, 1.165) is 17.2 Å². The molecule has 2 nitrogen and oxygen atoms in total. The zero-order valence-corrected chi connectivity index (χ0v) is 11.0. The zero-order valence-electron chi connectivity index (χ0n) is 9.24. The van der Waals surface area contributed by atoms with Crippen molar-refractivity contribution in [3.8, 4) is 0 Å². The molecule has 4 heteroatoms. The van der Waals surface area contributed by atoms with E-state index >= 15 is 0 Å². The third-order valence-electron chi connectivity index (χ3n) is 2.00. The van der Waals surface area contributed by atoms with Crippen molar-refractivity contribution in [2.75, 3.05) is 11.5 Å². The van der Waals surface area contributed by atoms with Gasteiger partial charge in [0, 0.05) is 12.8 Å². The van der Waals surface area contributed by atoms with Crippen LogP contribution in [-0.4, -0.2) is 21.3 Å². The molecule has 0 amide bonds. The molecule has 80 valence electrons. The maximum absolute atomic E-state index is 4.34. The van der Waals surface area contributed by atoms with Crippen LogP contribution in [0.25, 0.3) is 0 Å². The van der Waals surface area contributed by atoms with Gasteiger partial charge >= 0.3 is 0 Å². The number of aryl methyl sites for hydroxylation is 2. The Balaban J connectivity index is 2.58. The van der Waals surface area contributed by atoms with Crippen LogP contribution in [-0.2, 0) is 7.05 Å². The minimum absolute atomic E-state index is 0.284. The summed E-state index contributed by atoms with van der Waals surface area (Å²) in [5, 5.41) is 5.55. The minimum Gasteiger partial charge on any atom is -0.262 e. The van der Waals surface area contributed by atoms with Gasteiger partial charge in [0.15, 0.2) is 0 Å². The van der Waals surface area contributed by atoms with Crippen molar-refractivity contribution in [1.29, 1.82) is 0 Å². The average molecular weight is 230 g/mol. The van der Waals surface area contributed by atoms with Crippen molar-refractivity contribution in [2.45, 2.75) is 25.8 Å². The van der Waals surface area contributed by atoms with E-state index in [-0.39, 0.29) is 5.41 Å². The Morgan fingerprint density at radius 1 is 1.57 bits per heavy atom. The first-order chi connectivity index (χ1) is 6.44. The molecule has 0 aliphatic rings. The Labute approximate surface area is 95.9 Å². The highest BCUT2D eigenvalue weighted by atomic mass is 32.2. The third kappa shape index (κ3) is 3.24. The molecular weight excluding hydrogens is 212 g/mol. The number of hydrogen-bond acceptors (Lipinski definition) is 3. The highest BCUT2D eigenvalue weighted by molar-refractivity contribution is 7.99. The molecule has 0 unspecified atom stereocenters. The summed E-state index contributed by atoms with van der Waals surface area (Å²) in [6, 6.07) is 2.12. The second kappa shape index (κ2) is 4.62. The van der Waals surface area contributed by atoms with Crippen LogP contribution in [0.5, 0.6) is 0 Å². The number of hydrogen-bond donors (Lipinski definition) is 1. The summed E-state index contributed by atoms with van der Waals surface area (Å²) in [5.41, 5.74) is 1.37. The van der Waals surface area contributed by atoms with Crippen LogP contribution in [0.2, 0.25) is 0 Å². The lowest BCUT2D eigenvalue weighted by Gasteiger charge is -2.20. The van der Waals surface area contributed by atoms with Crippen molar-refractivity contribution < 1.29 is 0 Å². The molecule has 1 aromatic rings. The molecule has 0 bridgehead atoms. The van der Waals surface area contributed by atoms with E-state index in [1.54, 1.807) is 0 Å². The summed E-state index contributed by atoms with van der Waals surface area (Å²) in [6.45, 7) is 6.49. The fourth-order valence-corrected chi connectivity index (χ4v) is 2.42. The van der Waals surface area contributed by atoms with E-state index in [9.17, 15) is 0 Å². The second-order valence-corrected chi connectivity index (χ2v) is 5.67. The molecule has 0 N–H and O–H groups in total. The Morgan fingerprint density at radius 2 is 2.21 bits per heavy atom. The lowest BCUT2D eigenvalue weighted by molar-refractivity contribution is 0.493. The van der Waals surface area contributed by atoms with Crippen LogP contribution in [0.1, 0.15) is 19.5 Å². The molecule has 0 fully saturated rings. The van der Waals surface area contributed by atoms with E-state index in [0.29, 0.717) is 0 Å². The van der Waals surface area contributed by atoms with Crippen LogP contribution in [0.4, 0.5) is 0 Å². The molecule has 0 saturated heterocycles. The molecule has 0 aromatic carbocycles. The summed E-state index contributed by atoms with van der Waals surface area (Å²) in [4.78, 5) is 0. The molecule has 0 radical (unpaired) electrons. The lowest BCUT2D eigenvalue weighted by atomic mass is 10.0. The van der Waals surface area contributed by atoms with Gasteiger partial charge in [-0.1, -0.05) is 13.8 Å². The quantitative estimate of drug-likeness (QED) is 0.633. The first-order valence-corrected chi connectivity index (χ1v) is 6.31. The molecule has 0 aliphatic carbocycles.